The Bertz CT molecular complexity index is 688. The number of anilines is 2. The molecule has 3 rings (SSSR count). The lowest BCUT2D eigenvalue weighted by Crippen LogP contribution is -2.29. The van der Waals surface area contributed by atoms with Gasteiger partial charge in [-0.2, -0.15) is 0 Å². The second-order valence-corrected chi connectivity index (χ2v) is 7.30. The Balaban J connectivity index is 1.39. The zero-order chi connectivity index (χ0) is 18.2. The monoisotopic (exact) mass is 377 g/mol. The molecule has 8 heteroatoms. The Kier molecular flexibility index (Phi) is 7.04. The Morgan fingerprint density at radius 2 is 2.00 bits per heavy atom. The van der Waals surface area contributed by atoms with Crippen LogP contribution in [0.5, 0.6) is 5.75 Å². The molecule has 0 spiro atoms. The zero-order valence-electron chi connectivity index (χ0n) is 15.2. The van der Waals surface area contributed by atoms with E-state index in [0.717, 1.165) is 18.7 Å². The highest BCUT2D eigenvalue weighted by Crippen LogP contribution is 2.22. The summed E-state index contributed by atoms with van der Waals surface area (Å²) in [5.41, 5.74) is 1.31. The minimum Gasteiger partial charge on any atom is -0.546 e. The van der Waals surface area contributed by atoms with Gasteiger partial charge in [-0.25, -0.2) is 0 Å². The van der Waals surface area contributed by atoms with Gasteiger partial charge in [0, 0.05) is 28.9 Å². The van der Waals surface area contributed by atoms with Crippen molar-refractivity contribution in [3.63, 3.8) is 0 Å². The first-order valence-corrected chi connectivity index (χ1v) is 10.3. The first-order chi connectivity index (χ1) is 12.7. The van der Waals surface area contributed by atoms with E-state index in [-0.39, 0.29) is 0 Å². The largest absolute Gasteiger partial charge is 0.546 e. The maximum atomic E-state index is 11.3. The van der Waals surface area contributed by atoms with Crippen LogP contribution in [-0.4, -0.2) is 51.5 Å². The quantitative estimate of drug-likeness (QED) is 0.513. The number of aromatic nitrogens is 2. The highest BCUT2D eigenvalue weighted by Gasteiger charge is 2.13. The van der Waals surface area contributed by atoms with E-state index in [9.17, 15) is 4.55 Å². The number of benzene rings is 1. The molecule has 0 aliphatic carbocycles. The van der Waals surface area contributed by atoms with Crippen LogP contribution in [-0.2, 0) is 6.54 Å². The highest BCUT2D eigenvalue weighted by atomic mass is 32.2. The fraction of sp³-hybridized carbons (Fsp3) is 0.556. The molecule has 1 aromatic carbocycles. The summed E-state index contributed by atoms with van der Waals surface area (Å²) < 4.78 is 25.0. The van der Waals surface area contributed by atoms with Crippen molar-refractivity contribution in [2.75, 3.05) is 43.9 Å². The van der Waals surface area contributed by atoms with Crippen LogP contribution in [0.15, 0.2) is 24.3 Å². The molecule has 1 saturated heterocycles. The van der Waals surface area contributed by atoms with Gasteiger partial charge in [-0.1, -0.05) is 18.6 Å². The van der Waals surface area contributed by atoms with Crippen molar-refractivity contribution in [1.82, 2.24) is 13.6 Å². The predicted octanol–water partition coefficient (Wildman–Crippen LogP) is 3.11. The summed E-state index contributed by atoms with van der Waals surface area (Å²) in [6.07, 6.45) is 4.79. The number of hydrogen-bond acceptors (Lipinski definition) is 7. The summed E-state index contributed by atoms with van der Waals surface area (Å²) in [4.78, 5) is 2.51. The smallest absolute Gasteiger partial charge is 0.232 e. The van der Waals surface area contributed by atoms with E-state index in [4.69, 9.17) is 4.74 Å². The number of nitrogens with one attached hydrogen (secondary N) is 2. The Labute approximate surface area is 157 Å². The second kappa shape index (κ2) is 9.70. The van der Waals surface area contributed by atoms with Crippen molar-refractivity contribution in [3.8, 4) is 5.75 Å². The maximum absolute atomic E-state index is 11.3. The molecule has 142 valence electrons. The van der Waals surface area contributed by atoms with E-state index in [0.29, 0.717) is 24.8 Å². The van der Waals surface area contributed by atoms with Gasteiger partial charge in [-0.05, 0) is 50.0 Å². The maximum Gasteiger partial charge on any atom is 0.232 e. The molecule has 0 saturated carbocycles. The van der Waals surface area contributed by atoms with Crippen LogP contribution in [0.2, 0.25) is 0 Å². The standard InChI is InChI=1S/C18H27N5O2S/c1-19-17-18(22-26(24)21-17)20-9-6-12-25-16-8-5-7-15(13-16)14-23-10-3-2-4-11-23/h5,7-8,13H,2-4,6,9-12,14H2,1H3,(H,19,21)(H,20,22). The van der Waals surface area contributed by atoms with Crippen LogP contribution in [0.3, 0.4) is 0 Å². The van der Waals surface area contributed by atoms with E-state index in [2.05, 4.69) is 42.5 Å². The van der Waals surface area contributed by atoms with E-state index in [1.807, 2.05) is 6.07 Å². The van der Waals surface area contributed by atoms with Crippen molar-refractivity contribution in [2.24, 2.45) is 0 Å². The molecule has 1 aliphatic rings. The van der Waals surface area contributed by atoms with E-state index < -0.39 is 11.1 Å². The molecule has 26 heavy (non-hydrogen) atoms. The zero-order valence-corrected chi connectivity index (χ0v) is 16.1. The first kappa shape index (κ1) is 18.9. The van der Waals surface area contributed by atoms with Gasteiger partial charge in [0.05, 0.1) is 6.61 Å². The summed E-state index contributed by atoms with van der Waals surface area (Å²) in [5, 5.41) is 6.02. The van der Waals surface area contributed by atoms with Gasteiger partial charge in [0.1, 0.15) is 5.75 Å². The minimum absolute atomic E-state index is 0.537. The second-order valence-electron chi connectivity index (χ2n) is 6.47. The van der Waals surface area contributed by atoms with Crippen LogP contribution in [0.4, 0.5) is 11.6 Å². The molecule has 0 radical (unpaired) electrons. The Hall–Kier alpha value is -1.90. The van der Waals surface area contributed by atoms with Gasteiger partial charge in [-0.15, -0.1) is 0 Å². The summed E-state index contributed by atoms with van der Waals surface area (Å²) in [7, 11) is 1.73. The van der Waals surface area contributed by atoms with E-state index >= 15 is 0 Å². The lowest BCUT2D eigenvalue weighted by atomic mass is 10.1. The molecular weight excluding hydrogens is 350 g/mol. The van der Waals surface area contributed by atoms with Gasteiger partial charge >= 0.3 is 0 Å². The molecule has 1 aliphatic heterocycles. The first-order valence-electron chi connectivity index (χ1n) is 9.20. The summed E-state index contributed by atoms with van der Waals surface area (Å²) in [6, 6.07) is 8.37. The molecule has 0 bridgehead atoms. The van der Waals surface area contributed by atoms with Crippen molar-refractivity contribution in [3.05, 3.63) is 29.8 Å². The third-order valence-corrected chi connectivity index (χ3v) is 5.11. The Morgan fingerprint density at radius 3 is 2.81 bits per heavy atom. The number of likely N-dealkylation sites (tertiary alicyclic amines) is 1. The van der Waals surface area contributed by atoms with Crippen LogP contribution in [0.1, 0.15) is 31.2 Å². The Morgan fingerprint density at radius 1 is 1.19 bits per heavy atom. The van der Waals surface area contributed by atoms with Crippen LogP contribution >= 0.6 is 11.1 Å². The van der Waals surface area contributed by atoms with Gasteiger partial charge in [0.2, 0.25) is 11.6 Å². The lowest BCUT2D eigenvalue weighted by molar-refractivity contribution is 0.220. The summed E-state index contributed by atoms with van der Waals surface area (Å²) >= 11 is -1.51. The van der Waals surface area contributed by atoms with Crippen molar-refractivity contribution in [2.45, 2.75) is 32.2 Å². The molecule has 1 unspecified atom stereocenters. The molecule has 7 nitrogen and oxygen atoms in total. The molecule has 2 aromatic rings. The van der Waals surface area contributed by atoms with E-state index in [1.165, 1.54) is 37.9 Å². The van der Waals surface area contributed by atoms with Crippen LogP contribution in [0.25, 0.3) is 0 Å². The fourth-order valence-corrected chi connectivity index (χ4v) is 3.80. The normalized spacial score (nSPS) is 15.7. The summed E-state index contributed by atoms with van der Waals surface area (Å²) in [5.74, 6) is 2.00. The average Bonchev–Trinajstić information content (AvgIpc) is 3.02. The molecule has 1 atom stereocenters. The fourth-order valence-electron chi connectivity index (χ4n) is 3.12. The number of rotatable bonds is 9. The highest BCUT2D eigenvalue weighted by molar-refractivity contribution is 7.14. The summed E-state index contributed by atoms with van der Waals surface area (Å²) in [6.45, 7) is 4.70. The van der Waals surface area contributed by atoms with E-state index in [1.54, 1.807) is 7.05 Å². The molecule has 0 amide bonds. The third-order valence-electron chi connectivity index (χ3n) is 4.44. The SMILES string of the molecule is CNc1n[s+]([O-])nc1NCCCOc1cccc(CN2CCCCC2)c1. The van der Waals surface area contributed by atoms with Gasteiger partial charge < -0.3 is 19.9 Å². The topological polar surface area (TPSA) is 85.4 Å². The van der Waals surface area contributed by atoms with Gasteiger partial charge in [-0.3, -0.25) is 4.90 Å². The number of hydrogen-bond donors (Lipinski definition) is 2. The number of piperidine rings is 1. The number of nitrogens with zero attached hydrogens (tertiary/aromatic N) is 3. The van der Waals surface area contributed by atoms with Gasteiger partial charge in [0.25, 0.3) is 0 Å². The van der Waals surface area contributed by atoms with Crippen LogP contribution < -0.4 is 15.4 Å². The molecule has 1 aromatic heterocycles. The average molecular weight is 378 g/mol. The van der Waals surface area contributed by atoms with Gasteiger partial charge in [0.15, 0.2) is 11.1 Å². The molecular formula is C18H27N5O2S. The predicted molar refractivity (Wildman–Crippen MR) is 104 cm³/mol. The lowest BCUT2D eigenvalue weighted by Gasteiger charge is -2.26. The molecule has 2 N–H and O–H groups in total. The van der Waals surface area contributed by atoms with Crippen molar-refractivity contribution in [1.29, 1.82) is 0 Å². The van der Waals surface area contributed by atoms with Crippen molar-refractivity contribution >= 4 is 22.8 Å². The molecule has 2 heterocycles. The number of ether oxygens (including phenoxy) is 1. The third kappa shape index (κ3) is 5.55. The van der Waals surface area contributed by atoms with Crippen LogP contribution in [0, 0.1) is 0 Å². The van der Waals surface area contributed by atoms with Crippen molar-refractivity contribution < 1.29 is 9.29 Å². The molecule has 1 fully saturated rings. The minimum atomic E-state index is -1.51.